The van der Waals surface area contributed by atoms with E-state index in [-0.39, 0.29) is 6.10 Å². The lowest BCUT2D eigenvalue weighted by Crippen LogP contribution is -2.11. The molecule has 0 saturated carbocycles. The second kappa shape index (κ2) is 5.43. The van der Waals surface area contributed by atoms with E-state index in [1.165, 1.54) is 0 Å². The Bertz CT molecular complexity index is 151. The van der Waals surface area contributed by atoms with Gasteiger partial charge in [0.05, 0.1) is 6.10 Å². The number of aliphatic hydroxyl groups is 1. The normalized spacial score (nSPS) is 17.7. The highest BCUT2D eigenvalue weighted by Gasteiger charge is 2.08. The summed E-state index contributed by atoms with van der Waals surface area (Å²) in [5, 5.41) is 9.25. The number of aliphatic hydroxyl groups excluding tert-OH is 1. The van der Waals surface area contributed by atoms with E-state index in [2.05, 4.69) is 39.8 Å². The molecular weight excluding hydrogens is 160 g/mol. The fourth-order valence-corrected chi connectivity index (χ4v) is 0.945. The molecular formula is C12H24O. The van der Waals surface area contributed by atoms with E-state index >= 15 is 0 Å². The summed E-state index contributed by atoms with van der Waals surface area (Å²) in [6, 6.07) is 0. The van der Waals surface area contributed by atoms with Crippen LogP contribution >= 0.6 is 0 Å². The third-order valence-corrected chi connectivity index (χ3v) is 2.23. The zero-order valence-corrected chi connectivity index (χ0v) is 9.67. The summed E-state index contributed by atoms with van der Waals surface area (Å²) in [4.78, 5) is 0. The quantitative estimate of drug-likeness (QED) is 0.664. The standard InChI is InChI=1S/C12H24O/c1-10(11(2)13)8-6-7-9-12(3,4)5/h6-7,10-11,13H,8-9H2,1-5H3/b7-6+/t10-,11+/m0/s1. The topological polar surface area (TPSA) is 20.2 Å². The van der Waals surface area contributed by atoms with Gasteiger partial charge in [-0.1, -0.05) is 39.8 Å². The average Bonchev–Trinajstić information content (AvgIpc) is 1.95. The van der Waals surface area contributed by atoms with E-state index < -0.39 is 0 Å². The number of hydrogen-bond donors (Lipinski definition) is 1. The molecule has 1 nitrogen and oxygen atoms in total. The minimum atomic E-state index is -0.195. The number of hydrogen-bond acceptors (Lipinski definition) is 1. The van der Waals surface area contributed by atoms with Gasteiger partial charge < -0.3 is 5.11 Å². The van der Waals surface area contributed by atoms with E-state index in [1.54, 1.807) is 0 Å². The summed E-state index contributed by atoms with van der Waals surface area (Å²) < 4.78 is 0. The van der Waals surface area contributed by atoms with Crippen molar-refractivity contribution in [1.29, 1.82) is 0 Å². The van der Waals surface area contributed by atoms with Crippen molar-refractivity contribution in [2.45, 2.75) is 53.6 Å². The molecule has 78 valence electrons. The van der Waals surface area contributed by atoms with Gasteiger partial charge in [-0.05, 0) is 31.1 Å². The molecule has 0 amide bonds. The van der Waals surface area contributed by atoms with Gasteiger partial charge in [-0.2, -0.15) is 0 Å². The van der Waals surface area contributed by atoms with Crippen molar-refractivity contribution in [3.8, 4) is 0 Å². The Balaban J connectivity index is 3.64. The van der Waals surface area contributed by atoms with Gasteiger partial charge in [-0.15, -0.1) is 0 Å². The maximum Gasteiger partial charge on any atom is 0.0540 e. The Hall–Kier alpha value is -0.300. The van der Waals surface area contributed by atoms with Gasteiger partial charge in [-0.3, -0.25) is 0 Å². The first-order chi connectivity index (χ1) is 5.83. The van der Waals surface area contributed by atoms with Gasteiger partial charge in [0.15, 0.2) is 0 Å². The van der Waals surface area contributed by atoms with Crippen LogP contribution in [-0.4, -0.2) is 11.2 Å². The van der Waals surface area contributed by atoms with E-state index in [0.717, 1.165) is 12.8 Å². The molecule has 0 radical (unpaired) electrons. The van der Waals surface area contributed by atoms with Crippen molar-refractivity contribution in [3.05, 3.63) is 12.2 Å². The fraction of sp³-hybridized carbons (Fsp3) is 0.833. The second-order valence-corrected chi connectivity index (χ2v) is 5.19. The molecule has 0 aromatic carbocycles. The molecule has 0 spiro atoms. The third-order valence-electron chi connectivity index (χ3n) is 2.23. The van der Waals surface area contributed by atoms with Crippen molar-refractivity contribution in [2.24, 2.45) is 11.3 Å². The van der Waals surface area contributed by atoms with E-state index in [4.69, 9.17) is 0 Å². The highest BCUT2D eigenvalue weighted by atomic mass is 16.3. The molecule has 0 aliphatic heterocycles. The van der Waals surface area contributed by atoms with Crippen LogP contribution < -0.4 is 0 Å². The third kappa shape index (κ3) is 8.04. The second-order valence-electron chi connectivity index (χ2n) is 5.19. The fourth-order valence-electron chi connectivity index (χ4n) is 0.945. The summed E-state index contributed by atoms with van der Waals surface area (Å²) >= 11 is 0. The van der Waals surface area contributed by atoms with Crippen molar-refractivity contribution >= 4 is 0 Å². The molecule has 0 aliphatic rings. The van der Waals surface area contributed by atoms with Crippen LogP contribution in [0.3, 0.4) is 0 Å². The molecule has 0 fully saturated rings. The van der Waals surface area contributed by atoms with Crippen molar-refractivity contribution < 1.29 is 5.11 Å². The van der Waals surface area contributed by atoms with Crippen LogP contribution in [0.1, 0.15) is 47.5 Å². The van der Waals surface area contributed by atoms with E-state index in [9.17, 15) is 5.11 Å². The first kappa shape index (κ1) is 12.7. The van der Waals surface area contributed by atoms with Crippen LogP contribution in [0.15, 0.2) is 12.2 Å². The lowest BCUT2D eigenvalue weighted by molar-refractivity contribution is 0.136. The largest absolute Gasteiger partial charge is 0.393 e. The van der Waals surface area contributed by atoms with Gasteiger partial charge in [0, 0.05) is 0 Å². The Labute approximate surface area is 82.9 Å². The molecule has 2 atom stereocenters. The highest BCUT2D eigenvalue weighted by Crippen LogP contribution is 2.19. The minimum Gasteiger partial charge on any atom is -0.393 e. The Kier molecular flexibility index (Phi) is 5.31. The lowest BCUT2D eigenvalue weighted by Gasteiger charge is -2.15. The van der Waals surface area contributed by atoms with Crippen LogP contribution in [0.25, 0.3) is 0 Å². The maximum absolute atomic E-state index is 9.25. The molecule has 0 bridgehead atoms. The summed E-state index contributed by atoms with van der Waals surface area (Å²) in [5.74, 6) is 0.371. The van der Waals surface area contributed by atoms with Crippen molar-refractivity contribution in [3.63, 3.8) is 0 Å². The summed E-state index contributed by atoms with van der Waals surface area (Å²) in [6.45, 7) is 10.6. The van der Waals surface area contributed by atoms with Crippen molar-refractivity contribution in [2.75, 3.05) is 0 Å². The molecule has 0 aromatic heterocycles. The number of rotatable bonds is 4. The molecule has 1 heteroatoms. The Morgan fingerprint density at radius 1 is 1.15 bits per heavy atom. The minimum absolute atomic E-state index is 0.195. The predicted octanol–water partition coefficient (Wildman–Crippen LogP) is 3.39. The molecule has 13 heavy (non-hydrogen) atoms. The molecule has 0 aliphatic carbocycles. The van der Waals surface area contributed by atoms with Crippen LogP contribution in [-0.2, 0) is 0 Å². The average molecular weight is 184 g/mol. The molecule has 0 saturated heterocycles. The summed E-state index contributed by atoms with van der Waals surface area (Å²) in [5.41, 5.74) is 0.380. The smallest absolute Gasteiger partial charge is 0.0540 e. The summed E-state index contributed by atoms with van der Waals surface area (Å²) in [7, 11) is 0. The lowest BCUT2D eigenvalue weighted by atomic mass is 9.91. The number of allylic oxidation sites excluding steroid dienone is 2. The van der Waals surface area contributed by atoms with Crippen LogP contribution in [0.5, 0.6) is 0 Å². The van der Waals surface area contributed by atoms with E-state index in [1.807, 2.05) is 6.92 Å². The highest BCUT2D eigenvalue weighted by molar-refractivity contribution is 4.87. The van der Waals surface area contributed by atoms with Gasteiger partial charge in [0.1, 0.15) is 0 Å². The van der Waals surface area contributed by atoms with E-state index in [0.29, 0.717) is 11.3 Å². The SMILES string of the molecule is C[C@@H](O)[C@@H](C)C/C=C/CC(C)(C)C. The monoisotopic (exact) mass is 184 g/mol. The van der Waals surface area contributed by atoms with Gasteiger partial charge >= 0.3 is 0 Å². The Morgan fingerprint density at radius 3 is 2.08 bits per heavy atom. The molecule has 1 N–H and O–H groups in total. The zero-order chi connectivity index (χ0) is 10.5. The zero-order valence-electron chi connectivity index (χ0n) is 9.67. The molecule has 0 heterocycles. The summed E-state index contributed by atoms with van der Waals surface area (Å²) in [6.07, 6.45) is 6.30. The molecule has 0 aromatic rings. The van der Waals surface area contributed by atoms with Gasteiger partial charge in [-0.25, -0.2) is 0 Å². The van der Waals surface area contributed by atoms with Gasteiger partial charge in [0.2, 0.25) is 0 Å². The molecule has 0 rings (SSSR count). The van der Waals surface area contributed by atoms with Gasteiger partial charge in [0.25, 0.3) is 0 Å². The predicted molar refractivity (Wildman–Crippen MR) is 58.7 cm³/mol. The van der Waals surface area contributed by atoms with Crippen LogP contribution in [0.4, 0.5) is 0 Å². The van der Waals surface area contributed by atoms with Crippen LogP contribution in [0.2, 0.25) is 0 Å². The first-order valence-corrected chi connectivity index (χ1v) is 5.16. The van der Waals surface area contributed by atoms with Crippen LogP contribution in [0, 0.1) is 11.3 Å². The van der Waals surface area contributed by atoms with Crippen molar-refractivity contribution in [1.82, 2.24) is 0 Å². The molecule has 0 unspecified atom stereocenters. The maximum atomic E-state index is 9.25. The Morgan fingerprint density at radius 2 is 1.69 bits per heavy atom. The first-order valence-electron chi connectivity index (χ1n) is 5.16.